The third kappa shape index (κ3) is 2.12. The molecule has 1 heterocycles. The van der Waals surface area contributed by atoms with Gasteiger partial charge >= 0.3 is 0 Å². The van der Waals surface area contributed by atoms with Crippen LogP contribution in [0.25, 0.3) is 0 Å². The first-order valence-electron chi connectivity index (χ1n) is 6.29. The van der Waals surface area contributed by atoms with Crippen LogP contribution in [0.15, 0.2) is 24.3 Å². The molecule has 0 spiro atoms. The minimum absolute atomic E-state index is 0.00102. The number of nitrogens with two attached hydrogens (primary N) is 1. The summed E-state index contributed by atoms with van der Waals surface area (Å²) in [4.78, 5) is 0. The molecule has 2 rings (SSSR count). The zero-order valence-corrected chi connectivity index (χ0v) is 11.7. The highest BCUT2D eigenvalue weighted by Gasteiger charge is 2.35. The van der Waals surface area contributed by atoms with Crippen LogP contribution in [0, 0.1) is 0 Å². The van der Waals surface area contributed by atoms with Crippen LogP contribution in [-0.4, -0.2) is 26.3 Å². The van der Waals surface area contributed by atoms with Crippen molar-refractivity contribution in [1.29, 1.82) is 0 Å². The smallest absolute Gasteiger partial charge is 0.239 e. The predicted octanol–water partition coefficient (Wildman–Crippen LogP) is 1.50. The molecule has 0 aromatic heterocycles. The molecule has 1 aliphatic heterocycles. The Morgan fingerprint density at radius 3 is 2.78 bits per heavy atom. The van der Waals surface area contributed by atoms with E-state index >= 15 is 0 Å². The number of sulfonamides is 1. The number of rotatable bonds is 3. The largest absolute Gasteiger partial charge is 0.329 e. The summed E-state index contributed by atoms with van der Waals surface area (Å²) in [5.74, 6) is 0. The van der Waals surface area contributed by atoms with Crippen LogP contribution < -0.4 is 10.0 Å². The van der Waals surface area contributed by atoms with E-state index in [2.05, 4.69) is 0 Å². The molecular weight excluding hydrogens is 248 g/mol. The average Bonchev–Trinajstić information content (AvgIpc) is 2.37. The van der Waals surface area contributed by atoms with Gasteiger partial charge in [-0.3, -0.25) is 4.31 Å². The number of nitrogens with zero attached hydrogens (tertiary/aromatic N) is 1. The molecule has 0 radical (unpaired) electrons. The second-order valence-corrected chi connectivity index (χ2v) is 7.13. The highest BCUT2D eigenvalue weighted by molar-refractivity contribution is 7.93. The molecule has 1 aliphatic rings. The Labute approximate surface area is 109 Å². The van der Waals surface area contributed by atoms with Crippen LogP contribution in [-0.2, 0) is 16.4 Å². The van der Waals surface area contributed by atoms with Crippen molar-refractivity contribution in [3.05, 3.63) is 29.8 Å². The number of aryl methyl sites for hydroxylation is 1. The summed E-state index contributed by atoms with van der Waals surface area (Å²) < 4.78 is 26.6. The van der Waals surface area contributed by atoms with Gasteiger partial charge < -0.3 is 5.73 Å². The van der Waals surface area contributed by atoms with E-state index < -0.39 is 15.3 Å². The normalized spacial score (nSPS) is 21.5. The Hall–Kier alpha value is -1.07. The first-order valence-corrected chi connectivity index (χ1v) is 7.80. The molecule has 18 heavy (non-hydrogen) atoms. The van der Waals surface area contributed by atoms with Crippen molar-refractivity contribution in [1.82, 2.24) is 0 Å². The van der Waals surface area contributed by atoms with Gasteiger partial charge in [0.1, 0.15) is 0 Å². The summed E-state index contributed by atoms with van der Waals surface area (Å²) in [6.07, 6.45) is 1.79. The molecule has 2 unspecified atom stereocenters. The van der Waals surface area contributed by atoms with Crippen LogP contribution in [0.2, 0.25) is 0 Å². The van der Waals surface area contributed by atoms with E-state index in [9.17, 15) is 8.42 Å². The van der Waals surface area contributed by atoms with E-state index in [4.69, 9.17) is 5.73 Å². The molecule has 0 aliphatic carbocycles. The molecule has 2 N–H and O–H groups in total. The van der Waals surface area contributed by atoms with Gasteiger partial charge in [-0.1, -0.05) is 18.2 Å². The highest BCUT2D eigenvalue weighted by atomic mass is 32.2. The fourth-order valence-electron chi connectivity index (χ4n) is 2.36. The Bertz CT molecular complexity index is 528. The molecule has 5 heteroatoms. The zero-order valence-electron chi connectivity index (χ0n) is 10.8. The Kier molecular flexibility index (Phi) is 3.64. The maximum absolute atomic E-state index is 12.5. The van der Waals surface area contributed by atoms with Crippen LogP contribution in [0.3, 0.4) is 0 Å². The number of hydrogen-bond donors (Lipinski definition) is 1. The lowest BCUT2D eigenvalue weighted by molar-refractivity contribution is 0.553. The standard InChI is InChI=1S/C13H20N2O2S/c1-10-7-8-12-5-3-4-6-13(12)15(10)18(16,17)11(2)9-14/h3-6,10-11H,7-9,14H2,1-2H3. The Balaban J connectivity index is 2.50. The molecule has 0 saturated carbocycles. The van der Waals surface area contributed by atoms with Gasteiger partial charge in [0.15, 0.2) is 0 Å². The number of para-hydroxylation sites is 1. The topological polar surface area (TPSA) is 63.4 Å². The maximum Gasteiger partial charge on any atom is 0.239 e. The molecular formula is C13H20N2O2S. The number of hydrogen-bond acceptors (Lipinski definition) is 3. The number of fused-ring (bicyclic) bond motifs is 1. The first-order chi connectivity index (χ1) is 8.48. The molecule has 0 fully saturated rings. The quantitative estimate of drug-likeness (QED) is 0.903. The zero-order chi connectivity index (χ0) is 13.3. The van der Waals surface area contributed by atoms with Gasteiger partial charge in [0.05, 0.1) is 10.9 Å². The molecule has 2 atom stereocenters. The minimum Gasteiger partial charge on any atom is -0.329 e. The van der Waals surface area contributed by atoms with Gasteiger partial charge in [-0.15, -0.1) is 0 Å². The van der Waals surface area contributed by atoms with Crippen molar-refractivity contribution < 1.29 is 8.42 Å². The molecule has 0 bridgehead atoms. The van der Waals surface area contributed by atoms with Gasteiger partial charge in [-0.2, -0.15) is 0 Å². The summed E-state index contributed by atoms with van der Waals surface area (Å²) >= 11 is 0. The second-order valence-electron chi connectivity index (χ2n) is 4.90. The Morgan fingerprint density at radius 1 is 1.44 bits per heavy atom. The van der Waals surface area contributed by atoms with Crippen LogP contribution in [0.4, 0.5) is 5.69 Å². The number of benzene rings is 1. The maximum atomic E-state index is 12.5. The molecule has 0 amide bonds. The van der Waals surface area contributed by atoms with Crippen molar-refractivity contribution >= 4 is 15.7 Å². The van der Waals surface area contributed by atoms with E-state index in [1.807, 2.05) is 31.2 Å². The molecule has 1 aromatic rings. The van der Waals surface area contributed by atoms with Gasteiger partial charge in [0.25, 0.3) is 0 Å². The van der Waals surface area contributed by atoms with Crippen LogP contribution in [0.1, 0.15) is 25.8 Å². The summed E-state index contributed by atoms with van der Waals surface area (Å²) in [6, 6.07) is 7.71. The molecule has 1 aromatic carbocycles. The van der Waals surface area contributed by atoms with Gasteiger partial charge in [-0.25, -0.2) is 8.42 Å². The Morgan fingerprint density at radius 2 is 2.11 bits per heavy atom. The SMILES string of the molecule is CC1CCc2ccccc2N1S(=O)(=O)C(C)CN. The summed E-state index contributed by atoms with van der Waals surface area (Å²) in [5, 5.41) is -0.550. The molecule has 0 saturated heterocycles. The van der Waals surface area contributed by atoms with Crippen molar-refractivity contribution in [2.45, 2.75) is 38.0 Å². The fraction of sp³-hybridized carbons (Fsp3) is 0.538. The predicted molar refractivity (Wildman–Crippen MR) is 74.1 cm³/mol. The molecule has 100 valence electrons. The average molecular weight is 268 g/mol. The summed E-state index contributed by atoms with van der Waals surface area (Å²) in [6.45, 7) is 3.77. The van der Waals surface area contributed by atoms with Crippen LogP contribution >= 0.6 is 0 Å². The van der Waals surface area contributed by atoms with Gasteiger partial charge in [0, 0.05) is 12.6 Å². The van der Waals surface area contributed by atoms with Gasteiger partial charge in [-0.05, 0) is 38.3 Å². The van der Waals surface area contributed by atoms with E-state index in [-0.39, 0.29) is 12.6 Å². The summed E-state index contributed by atoms with van der Waals surface area (Å²) in [5.41, 5.74) is 7.44. The summed E-state index contributed by atoms with van der Waals surface area (Å²) in [7, 11) is -3.37. The lowest BCUT2D eigenvalue weighted by Gasteiger charge is -2.37. The van der Waals surface area contributed by atoms with Crippen LogP contribution in [0.5, 0.6) is 0 Å². The van der Waals surface area contributed by atoms with E-state index in [0.717, 1.165) is 24.1 Å². The van der Waals surface area contributed by atoms with Crippen molar-refractivity contribution in [3.8, 4) is 0 Å². The van der Waals surface area contributed by atoms with Crippen molar-refractivity contribution in [3.63, 3.8) is 0 Å². The lowest BCUT2D eigenvalue weighted by atomic mass is 9.99. The van der Waals surface area contributed by atoms with E-state index in [0.29, 0.717) is 0 Å². The highest BCUT2D eigenvalue weighted by Crippen LogP contribution is 2.33. The molecule has 4 nitrogen and oxygen atoms in total. The number of anilines is 1. The monoisotopic (exact) mass is 268 g/mol. The minimum atomic E-state index is -3.37. The second kappa shape index (κ2) is 4.90. The van der Waals surface area contributed by atoms with Gasteiger partial charge in [0.2, 0.25) is 10.0 Å². The first kappa shape index (κ1) is 13.4. The van der Waals surface area contributed by atoms with E-state index in [1.165, 1.54) is 0 Å². The third-order valence-corrected chi connectivity index (χ3v) is 5.89. The fourth-order valence-corrected chi connectivity index (χ4v) is 4.05. The van der Waals surface area contributed by atoms with Crippen molar-refractivity contribution in [2.24, 2.45) is 5.73 Å². The third-order valence-electron chi connectivity index (χ3n) is 3.58. The lowest BCUT2D eigenvalue weighted by Crippen LogP contribution is -2.47. The van der Waals surface area contributed by atoms with Crippen molar-refractivity contribution in [2.75, 3.05) is 10.8 Å². The van der Waals surface area contributed by atoms with E-state index in [1.54, 1.807) is 11.2 Å².